The summed E-state index contributed by atoms with van der Waals surface area (Å²) in [5.41, 5.74) is -1.36. The number of carbonyl (C=O) groups excluding carboxylic acids is 2. The van der Waals surface area contributed by atoms with Gasteiger partial charge in [-0.2, -0.15) is 0 Å². The van der Waals surface area contributed by atoms with Crippen LogP contribution in [-0.2, 0) is 14.3 Å². The van der Waals surface area contributed by atoms with Crippen molar-refractivity contribution in [2.24, 2.45) is 5.41 Å². The van der Waals surface area contributed by atoms with Gasteiger partial charge in [-0.25, -0.2) is 0 Å². The summed E-state index contributed by atoms with van der Waals surface area (Å²) in [4.78, 5) is 27.7. The number of ether oxygens (including phenoxy) is 1. The van der Waals surface area contributed by atoms with Gasteiger partial charge >= 0.3 is 0 Å². The van der Waals surface area contributed by atoms with Gasteiger partial charge in [0.05, 0.1) is 18.8 Å². The molecule has 0 bridgehead atoms. The summed E-state index contributed by atoms with van der Waals surface area (Å²) in [5.74, 6) is 0.0505. The Morgan fingerprint density at radius 2 is 2.05 bits per heavy atom. The molecule has 0 spiro atoms. The van der Waals surface area contributed by atoms with Crippen molar-refractivity contribution < 1.29 is 19.4 Å². The Kier molecular flexibility index (Phi) is 5.12. The smallest absolute Gasteiger partial charge is 0.242 e. The SMILES string of the molecule is COC[C@]1(O)CCN(C(=O)CN2CCCCC2=O)CC1(C)C. The van der Waals surface area contributed by atoms with Crippen LogP contribution in [0, 0.1) is 5.41 Å². The van der Waals surface area contributed by atoms with Crippen LogP contribution in [0.3, 0.4) is 0 Å². The number of likely N-dealkylation sites (tertiary alicyclic amines) is 2. The van der Waals surface area contributed by atoms with E-state index in [-0.39, 0.29) is 25.0 Å². The molecular weight excluding hydrogens is 284 g/mol. The summed E-state index contributed by atoms with van der Waals surface area (Å²) in [7, 11) is 1.58. The third kappa shape index (κ3) is 3.43. The van der Waals surface area contributed by atoms with Gasteiger partial charge in [-0.1, -0.05) is 13.8 Å². The third-order valence-corrected chi connectivity index (χ3v) is 5.12. The average molecular weight is 312 g/mol. The van der Waals surface area contributed by atoms with Crippen LogP contribution in [0.15, 0.2) is 0 Å². The summed E-state index contributed by atoms with van der Waals surface area (Å²) in [6, 6.07) is 0. The molecule has 2 aliphatic heterocycles. The number of piperidine rings is 2. The lowest BCUT2D eigenvalue weighted by Gasteiger charge is -2.50. The number of hydrogen-bond acceptors (Lipinski definition) is 4. The van der Waals surface area contributed by atoms with Gasteiger partial charge in [0.25, 0.3) is 0 Å². The van der Waals surface area contributed by atoms with Crippen molar-refractivity contribution in [3.05, 3.63) is 0 Å². The fourth-order valence-corrected chi connectivity index (χ4v) is 3.37. The lowest BCUT2D eigenvalue weighted by molar-refractivity contribution is -0.165. The first-order valence-electron chi connectivity index (χ1n) is 8.06. The summed E-state index contributed by atoms with van der Waals surface area (Å²) in [6.07, 6.45) is 2.93. The monoisotopic (exact) mass is 312 g/mol. The van der Waals surface area contributed by atoms with Crippen molar-refractivity contribution in [2.45, 2.75) is 45.1 Å². The van der Waals surface area contributed by atoms with Gasteiger partial charge in [-0.3, -0.25) is 9.59 Å². The van der Waals surface area contributed by atoms with Crippen LogP contribution >= 0.6 is 0 Å². The highest BCUT2D eigenvalue weighted by molar-refractivity contribution is 5.85. The molecule has 126 valence electrons. The van der Waals surface area contributed by atoms with E-state index < -0.39 is 11.0 Å². The highest BCUT2D eigenvalue weighted by Crippen LogP contribution is 2.38. The van der Waals surface area contributed by atoms with E-state index in [1.807, 2.05) is 13.8 Å². The maximum atomic E-state index is 12.5. The largest absolute Gasteiger partial charge is 0.387 e. The molecule has 6 heteroatoms. The Morgan fingerprint density at radius 1 is 1.32 bits per heavy atom. The molecular formula is C16H28N2O4. The molecule has 2 saturated heterocycles. The van der Waals surface area contributed by atoms with E-state index in [9.17, 15) is 14.7 Å². The van der Waals surface area contributed by atoms with Crippen molar-refractivity contribution in [1.82, 2.24) is 9.80 Å². The van der Waals surface area contributed by atoms with Crippen molar-refractivity contribution in [1.29, 1.82) is 0 Å². The van der Waals surface area contributed by atoms with Crippen LogP contribution in [0.4, 0.5) is 0 Å². The third-order valence-electron chi connectivity index (χ3n) is 5.12. The fourth-order valence-electron chi connectivity index (χ4n) is 3.37. The number of rotatable bonds is 4. The van der Waals surface area contributed by atoms with Gasteiger partial charge in [-0.05, 0) is 19.3 Å². The molecule has 6 nitrogen and oxygen atoms in total. The summed E-state index contributed by atoms with van der Waals surface area (Å²) in [5, 5.41) is 10.7. The Labute approximate surface area is 132 Å². The molecule has 0 radical (unpaired) electrons. The number of methoxy groups -OCH3 is 1. The molecule has 2 aliphatic rings. The maximum Gasteiger partial charge on any atom is 0.242 e. The number of hydrogen-bond donors (Lipinski definition) is 1. The predicted octanol–water partition coefficient (Wildman–Crippen LogP) is 0.635. The van der Waals surface area contributed by atoms with E-state index >= 15 is 0 Å². The number of carbonyl (C=O) groups is 2. The quantitative estimate of drug-likeness (QED) is 0.827. The maximum absolute atomic E-state index is 12.5. The Hall–Kier alpha value is -1.14. The molecule has 0 aromatic heterocycles. The molecule has 0 aromatic rings. The van der Waals surface area contributed by atoms with Gasteiger partial charge < -0.3 is 19.6 Å². The molecule has 1 atom stereocenters. The minimum atomic E-state index is -0.917. The number of amides is 2. The zero-order valence-electron chi connectivity index (χ0n) is 13.9. The standard InChI is InChI=1S/C16H28N2O4/c1-15(2)11-18(9-7-16(15,21)12-22-3)14(20)10-17-8-5-4-6-13(17)19/h21H,4-12H2,1-3H3/t16-/m1/s1. The van der Waals surface area contributed by atoms with Crippen molar-refractivity contribution in [3.63, 3.8) is 0 Å². The van der Waals surface area contributed by atoms with Gasteiger partial charge in [-0.15, -0.1) is 0 Å². The zero-order chi connectivity index (χ0) is 16.4. The van der Waals surface area contributed by atoms with E-state index in [1.54, 1.807) is 16.9 Å². The van der Waals surface area contributed by atoms with Crippen LogP contribution < -0.4 is 0 Å². The summed E-state index contributed by atoms with van der Waals surface area (Å²) >= 11 is 0. The summed E-state index contributed by atoms with van der Waals surface area (Å²) in [6.45, 7) is 6.01. The lowest BCUT2D eigenvalue weighted by Crippen LogP contribution is -2.61. The highest BCUT2D eigenvalue weighted by atomic mass is 16.5. The molecule has 1 N–H and O–H groups in total. The van der Waals surface area contributed by atoms with E-state index in [2.05, 4.69) is 0 Å². The van der Waals surface area contributed by atoms with Crippen LogP contribution in [0.2, 0.25) is 0 Å². The number of aliphatic hydroxyl groups is 1. The molecule has 0 aliphatic carbocycles. The van der Waals surface area contributed by atoms with Crippen LogP contribution in [0.25, 0.3) is 0 Å². The van der Waals surface area contributed by atoms with Crippen LogP contribution in [0.5, 0.6) is 0 Å². The van der Waals surface area contributed by atoms with Gasteiger partial charge in [0.2, 0.25) is 11.8 Å². The van der Waals surface area contributed by atoms with E-state index in [1.165, 1.54) is 0 Å². The molecule has 0 unspecified atom stereocenters. The topological polar surface area (TPSA) is 70.1 Å². The lowest BCUT2D eigenvalue weighted by atomic mass is 9.70. The van der Waals surface area contributed by atoms with Crippen LogP contribution in [-0.4, -0.2) is 72.2 Å². The van der Waals surface area contributed by atoms with Crippen molar-refractivity contribution in [3.8, 4) is 0 Å². The first-order valence-corrected chi connectivity index (χ1v) is 8.06. The van der Waals surface area contributed by atoms with E-state index in [0.717, 1.165) is 12.8 Å². The molecule has 2 amide bonds. The molecule has 2 rings (SSSR count). The van der Waals surface area contributed by atoms with Crippen molar-refractivity contribution in [2.75, 3.05) is 39.9 Å². The summed E-state index contributed by atoms with van der Waals surface area (Å²) < 4.78 is 5.14. The molecule has 0 saturated carbocycles. The highest BCUT2D eigenvalue weighted by Gasteiger charge is 2.48. The second kappa shape index (κ2) is 6.54. The molecule has 22 heavy (non-hydrogen) atoms. The van der Waals surface area contributed by atoms with E-state index in [4.69, 9.17) is 4.74 Å². The van der Waals surface area contributed by atoms with Gasteiger partial charge in [0.15, 0.2) is 0 Å². The minimum absolute atomic E-state index is 0.0252. The molecule has 2 heterocycles. The second-order valence-electron chi connectivity index (χ2n) is 7.19. The predicted molar refractivity (Wildman–Crippen MR) is 82.2 cm³/mol. The zero-order valence-corrected chi connectivity index (χ0v) is 13.9. The van der Waals surface area contributed by atoms with Crippen LogP contribution in [0.1, 0.15) is 39.5 Å². The second-order valence-corrected chi connectivity index (χ2v) is 7.19. The Morgan fingerprint density at radius 3 is 2.64 bits per heavy atom. The molecule has 0 aromatic carbocycles. The molecule has 2 fully saturated rings. The first kappa shape index (κ1) is 17.2. The average Bonchev–Trinajstić information content (AvgIpc) is 2.45. The minimum Gasteiger partial charge on any atom is -0.387 e. The van der Waals surface area contributed by atoms with Gasteiger partial charge in [0, 0.05) is 38.6 Å². The Bertz CT molecular complexity index is 438. The Balaban J connectivity index is 1.96. The van der Waals surface area contributed by atoms with Gasteiger partial charge in [0.1, 0.15) is 0 Å². The number of nitrogens with zero attached hydrogens (tertiary/aromatic N) is 2. The van der Waals surface area contributed by atoms with Crippen molar-refractivity contribution >= 4 is 11.8 Å². The fraction of sp³-hybridized carbons (Fsp3) is 0.875. The first-order chi connectivity index (χ1) is 10.3. The van der Waals surface area contributed by atoms with E-state index in [0.29, 0.717) is 32.5 Å². The normalized spacial score (nSPS) is 28.8.